The highest BCUT2D eigenvalue weighted by molar-refractivity contribution is 7.15. The molecule has 2 aromatic heterocycles. The van der Waals surface area contributed by atoms with Crippen molar-refractivity contribution in [3.05, 3.63) is 51.5 Å². The first kappa shape index (κ1) is 14.4. The summed E-state index contributed by atoms with van der Waals surface area (Å²) in [6.07, 6.45) is 3.09. The van der Waals surface area contributed by atoms with Crippen molar-refractivity contribution in [1.29, 1.82) is 0 Å². The molecule has 0 saturated carbocycles. The Morgan fingerprint density at radius 2 is 2.14 bits per heavy atom. The van der Waals surface area contributed by atoms with Crippen molar-refractivity contribution in [2.45, 2.75) is 20.4 Å². The van der Waals surface area contributed by atoms with Crippen LogP contribution in [0.15, 0.2) is 35.5 Å². The van der Waals surface area contributed by atoms with Gasteiger partial charge >= 0.3 is 0 Å². The summed E-state index contributed by atoms with van der Waals surface area (Å²) in [4.78, 5) is 33.8. The molecule has 0 saturated heterocycles. The number of para-hydroxylation sites is 1. The second kappa shape index (κ2) is 5.69. The lowest BCUT2D eigenvalue weighted by Crippen LogP contribution is -2.28. The Labute approximate surface area is 130 Å². The van der Waals surface area contributed by atoms with E-state index in [0.717, 1.165) is 10.4 Å². The zero-order chi connectivity index (χ0) is 15.7. The molecule has 3 rings (SSSR count). The number of amides is 1. The molecule has 3 aromatic rings. The fourth-order valence-electron chi connectivity index (χ4n) is 2.18. The van der Waals surface area contributed by atoms with Gasteiger partial charge in [-0.25, -0.2) is 9.97 Å². The minimum Gasteiger partial charge on any atom is -0.300 e. The number of nitrogens with zero attached hydrogens (tertiary/aromatic N) is 3. The van der Waals surface area contributed by atoms with E-state index in [-0.39, 0.29) is 18.0 Å². The first-order chi connectivity index (χ1) is 10.5. The molecule has 22 heavy (non-hydrogen) atoms. The second-order valence-corrected chi connectivity index (χ2v) is 6.21. The highest BCUT2D eigenvalue weighted by atomic mass is 32.1. The number of carbonyl (C=O) groups excluding carboxylic acids is 1. The van der Waals surface area contributed by atoms with Crippen molar-refractivity contribution >= 4 is 33.3 Å². The number of hydrogen-bond donors (Lipinski definition) is 1. The van der Waals surface area contributed by atoms with Gasteiger partial charge in [0.1, 0.15) is 6.54 Å². The third kappa shape index (κ3) is 2.75. The summed E-state index contributed by atoms with van der Waals surface area (Å²) in [5.74, 6) is -0.301. The number of aromatic nitrogens is 3. The Kier molecular flexibility index (Phi) is 3.72. The Balaban J connectivity index is 1.86. The van der Waals surface area contributed by atoms with Crippen LogP contribution in [-0.4, -0.2) is 20.4 Å². The molecule has 1 N–H and O–H groups in total. The molecule has 7 heteroatoms. The van der Waals surface area contributed by atoms with E-state index in [1.165, 1.54) is 22.2 Å². The van der Waals surface area contributed by atoms with Crippen LogP contribution in [0.25, 0.3) is 10.9 Å². The standard InChI is InChI=1S/C15H14N4O2S/c1-9-4-3-5-11-13(9)17-8-19(14(11)21)7-12(20)18-15-16-6-10(2)22-15/h3-6,8H,7H2,1-2H3,(H,16,18,20). The van der Waals surface area contributed by atoms with Crippen LogP contribution in [0.3, 0.4) is 0 Å². The van der Waals surface area contributed by atoms with E-state index < -0.39 is 0 Å². The predicted octanol–water partition coefficient (Wildman–Crippen LogP) is 2.11. The van der Waals surface area contributed by atoms with E-state index in [1.807, 2.05) is 26.0 Å². The molecule has 1 aromatic carbocycles. The van der Waals surface area contributed by atoms with Crippen molar-refractivity contribution in [3.8, 4) is 0 Å². The molecule has 0 aliphatic heterocycles. The van der Waals surface area contributed by atoms with Crippen LogP contribution in [0, 0.1) is 13.8 Å². The first-order valence-corrected chi connectivity index (χ1v) is 7.53. The lowest BCUT2D eigenvalue weighted by atomic mass is 10.1. The van der Waals surface area contributed by atoms with Crippen LogP contribution in [0.5, 0.6) is 0 Å². The van der Waals surface area contributed by atoms with Gasteiger partial charge in [-0.1, -0.05) is 12.1 Å². The van der Waals surface area contributed by atoms with E-state index in [0.29, 0.717) is 16.0 Å². The van der Waals surface area contributed by atoms with Crippen LogP contribution in [0.1, 0.15) is 10.4 Å². The van der Waals surface area contributed by atoms with Crippen LogP contribution in [0.4, 0.5) is 5.13 Å². The van der Waals surface area contributed by atoms with Crippen LogP contribution in [0.2, 0.25) is 0 Å². The monoisotopic (exact) mass is 314 g/mol. The van der Waals surface area contributed by atoms with Crippen LogP contribution < -0.4 is 10.9 Å². The SMILES string of the molecule is Cc1cnc(NC(=O)Cn2cnc3c(C)cccc3c2=O)s1. The number of nitrogens with one attached hydrogen (secondary N) is 1. The summed E-state index contributed by atoms with van der Waals surface area (Å²) >= 11 is 1.39. The molecule has 0 atom stereocenters. The number of benzene rings is 1. The molecule has 6 nitrogen and oxygen atoms in total. The molecule has 0 aliphatic rings. The topological polar surface area (TPSA) is 76.9 Å². The largest absolute Gasteiger partial charge is 0.300 e. The third-order valence-electron chi connectivity index (χ3n) is 3.24. The molecular weight excluding hydrogens is 300 g/mol. The molecule has 0 unspecified atom stereocenters. The van der Waals surface area contributed by atoms with E-state index in [9.17, 15) is 9.59 Å². The van der Waals surface area contributed by atoms with Gasteiger partial charge in [-0.2, -0.15) is 0 Å². The van der Waals surface area contributed by atoms with Crippen LogP contribution >= 0.6 is 11.3 Å². The number of fused-ring (bicyclic) bond motifs is 1. The fraction of sp³-hybridized carbons (Fsp3) is 0.200. The van der Waals surface area contributed by atoms with E-state index in [4.69, 9.17) is 0 Å². The quantitative estimate of drug-likeness (QED) is 0.803. The van der Waals surface area contributed by atoms with E-state index in [1.54, 1.807) is 12.3 Å². The molecule has 0 spiro atoms. The summed E-state index contributed by atoms with van der Waals surface area (Å²) in [6.45, 7) is 3.72. The smallest absolute Gasteiger partial charge is 0.261 e. The highest BCUT2D eigenvalue weighted by Crippen LogP contribution is 2.16. The van der Waals surface area contributed by atoms with E-state index in [2.05, 4.69) is 15.3 Å². The summed E-state index contributed by atoms with van der Waals surface area (Å²) < 4.78 is 1.30. The average Bonchev–Trinajstić information content (AvgIpc) is 2.88. The molecule has 0 aliphatic carbocycles. The molecule has 0 radical (unpaired) electrons. The van der Waals surface area contributed by atoms with Gasteiger partial charge in [-0.3, -0.25) is 14.2 Å². The molecular formula is C15H14N4O2S. The van der Waals surface area contributed by atoms with Gasteiger partial charge in [0, 0.05) is 11.1 Å². The van der Waals surface area contributed by atoms with Gasteiger partial charge in [0.05, 0.1) is 17.2 Å². The maximum Gasteiger partial charge on any atom is 0.261 e. The Bertz CT molecular complexity index is 913. The zero-order valence-corrected chi connectivity index (χ0v) is 13.0. The van der Waals surface area contributed by atoms with E-state index >= 15 is 0 Å². The lowest BCUT2D eigenvalue weighted by molar-refractivity contribution is -0.116. The minimum atomic E-state index is -0.301. The maximum atomic E-state index is 12.4. The summed E-state index contributed by atoms with van der Waals surface area (Å²) in [7, 11) is 0. The Morgan fingerprint density at radius 1 is 1.32 bits per heavy atom. The van der Waals surface area contributed by atoms with Crippen molar-refractivity contribution in [1.82, 2.24) is 14.5 Å². The first-order valence-electron chi connectivity index (χ1n) is 6.71. The molecule has 112 valence electrons. The summed E-state index contributed by atoms with van der Waals surface area (Å²) in [6, 6.07) is 5.43. The number of aryl methyl sites for hydroxylation is 2. The average molecular weight is 314 g/mol. The summed E-state index contributed by atoms with van der Waals surface area (Å²) in [5, 5.41) is 3.72. The normalized spacial score (nSPS) is 10.8. The number of rotatable bonds is 3. The predicted molar refractivity (Wildman–Crippen MR) is 86.2 cm³/mol. The van der Waals surface area contributed by atoms with Gasteiger partial charge < -0.3 is 5.32 Å². The number of hydrogen-bond acceptors (Lipinski definition) is 5. The van der Waals surface area contributed by atoms with Crippen molar-refractivity contribution < 1.29 is 4.79 Å². The van der Waals surface area contributed by atoms with Gasteiger partial charge in [0.2, 0.25) is 5.91 Å². The Morgan fingerprint density at radius 3 is 2.86 bits per heavy atom. The molecule has 0 fully saturated rings. The molecule has 1 amide bonds. The molecule has 2 heterocycles. The number of anilines is 1. The zero-order valence-electron chi connectivity index (χ0n) is 12.2. The van der Waals surface area contributed by atoms with Crippen LogP contribution in [-0.2, 0) is 11.3 Å². The van der Waals surface area contributed by atoms with Gasteiger partial charge in [-0.05, 0) is 25.5 Å². The number of carbonyl (C=O) groups is 1. The van der Waals surface area contributed by atoms with Crippen molar-refractivity contribution in [2.24, 2.45) is 0 Å². The Hall–Kier alpha value is -2.54. The third-order valence-corrected chi connectivity index (χ3v) is 4.07. The van der Waals surface area contributed by atoms with Crippen molar-refractivity contribution in [2.75, 3.05) is 5.32 Å². The van der Waals surface area contributed by atoms with Gasteiger partial charge in [0.15, 0.2) is 5.13 Å². The fourth-order valence-corrected chi connectivity index (χ4v) is 2.86. The summed E-state index contributed by atoms with van der Waals surface area (Å²) in [5.41, 5.74) is 1.38. The van der Waals surface area contributed by atoms with Gasteiger partial charge in [0.25, 0.3) is 5.56 Å². The van der Waals surface area contributed by atoms with Gasteiger partial charge in [-0.15, -0.1) is 11.3 Å². The second-order valence-electron chi connectivity index (χ2n) is 4.97. The highest BCUT2D eigenvalue weighted by Gasteiger charge is 2.10. The molecule has 0 bridgehead atoms. The lowest BCUT2D eigenvalue weighted by Gasteiger charge is -2.07. The minimum absolute atomic E-state index is 0.0889. The number of thiazole rings is 1. The maximum absolute atomic E-state index is 12.4. The van der Waals surface area contributed by atoms with Crippen molar-refractivity contribution in [3.63, 3.8) is 0 Å².